The van der Waals surface area contributed by atoms with Crippen molar-refractivity contribution in [3.05, 3.63) is 24.3 Å². The highest BCUT2D eigenvalue weighted by Crippen LogP contribution is 2.24. The van der Waals surface area contributed by atoms with Gasteiger partial charge in [-0.1, -0.05) is 0 Å². The van der Waals surface area contributed by atoms with E-state index in [0.29, 0.717) is 37.7 Å². The van der Waals surface area contributed by atoms with E-state index in [1.54, 1.807) is 36.1 Å². The molecule has 1 saturated heterocycles. The molecule has 1 aliphatic heterocycles. The predicted octanol–water partition coefficient (Wildman–Crippen LogP) is 0.709. The molecule has 0 aliphatic carbocycles. The molecule has 0 radical (unpaired) electrons. The van der Waals surface area contributed by atoms with Crippen LogP contribution in [0.2, 0.25) is 0 Å². The van der Waals surface area contributed by atoms with Crippen molar-refractivity contribution < 1.29 is 22.7 Å². The van der Waals surface area contributed by atoms with Crippen molar-refractivity contribution in [3.8, 4) is 5.75 Å². The smallest absolute Gasteiger partial charge is 0.246 e. The molecule has 1 aliphatic rings. The van der Waals surface area contributed by atoms with E-state index in [2.05, 4.69) is 0 Å². The first kappa shape index (κ1) is 17.6. The van der Waals surface area contributed by atoms with Gasteiger partial charge < -0.3 is 14.4 Å². The van der Waals surface area contributed by atoms with E-state index in [9.17, 15) is 13.2 Å². The quantitative estimate of drug-likeness (QED) is 0.788. The van der Waals surface area contributed by atoms with Crippen molar-refractivity contribution >= 4 is 21.6 Å². The number of carbonyl (C=O) groups is 1. The van der Waals surface area contributed by atoms with Crippen molar-refractivity contribution in [2.45, 2.75) is 13.0 Å². The summed E-state index contributed by atoms with van der Waals surface area (Å²) in [6.45, 7) is 3.50. The van der Waals surface area contributed by atoms with Gasteiger partial charge in [-0.15, -0.1) is 0 Å². The molecule has 128 valence electrons. The number of amides is 1. The molecule has 23 heavy (non-hydrogen) atoms. The van der Waals surface area contributed by atoms with E-state index in [1.165, 1.54) is 7.11 Å². The minimum Gasteiger partial charge on any atom is -0.497 e. The summed E-state index contributed by atoms with van der Waals surface area (Å²) in [6.07, 6.45) is 1.10. The lowest BCUT2D eigenvalue weighted by Gasteiger charge is -2.34. The maximum atomic E-state index is 12.6. The van der Waals surface area contributed by atoms with E-state index in [-0.39, 0.29) is 5.91 Å². The highest BCUT2D eigenvalue weighted by molar-refractivity contribution is 7.92. The first-order chi connectivity index (χ1) is 10.8. The third kappa shape index (κ3) is 4.14. The molecule has 1 amide bonds. The number of benzene rings is 1. The van der Waals surface area contributed by atoms with Crippen molar-refractivity contribution in [3.63, 3.8) is 0 Å². The van der Waals surface area contributed by atoms with Crippen LogP contribution >= 0.6 is 0 Å². The summed E-state index contributed by atoms with van der Waals surface area (Å²) in [5, 5.41) is 0. The molecule has 1 fully saturated rings. The Bertz CT molecular complexity index is 638. The van der Waals surface area contributed by atoms with Gasteiger partial charge in [0, 0.05) is 13.1 Å². The number of anilines is 1. The number of rotatable bonds is 5. The molecule has 1 aromatic carbocycles. The van der Waals surface area contributed by atoms with Gasteiger partial charge in [-0.25, -0.2) is 8.42 Å². The van der Waals surface area contributed by atoms with Crippen LogP contribution in [-0.2, 0) is 19.6 Å². The zero-order valence-electron chi connectivity index (χ0n) is 13.6. The average molecular weight is 342 g/mol. The molecule has 0 N–H and O–H groups in total. The summed E-state index contributed by atoms with van der Waals surface area (Å²) < 4.78 is 35.9. The van der Waals surface area contributed by atoms with Gasteiger partial charge in [0.1, 0.15) is 11.8 Å². The third-order valence-electron chi connectivity index (χ3n) is 3.72. The summed E-state index contributed by atoms with van der Waals surface area (Å²) >= 11 is 0. The number of carbonyl (C=O) groups excluding carboxylic acids is 1. The van der Waals surface area contributed by atoms with Gasteiger partial charge in [0.25, 0.3) is 0 Å². The van der Waals surface area contributed by atoms with Gasteiger partial charge in [0.05, 0.1) is 32.3 Å². The van der Waals surface area contributed by atoms with Crippen molar-refractivity contribution in [1.29, 1.82) is 0 Å². The van der Waals surface area contributed by atoms with Gasteiger partial charge in [0.2, 0.25) is 15.9 Å². The van der Waals surface area contributed by atoms with Crippen molar-refractivity contribution in [1.82, 2.24) is 4.90 Å². The Balaban J connectivity index is 2.28. The minimum atomic E-state index is -3.61. The van der Waals surface area contributed by atoms with E-state index >= 15 is 0 Å². The van der Waals surface area contributed by atoms with Gasteiger partial charge in [-0.2, -0.15) is 0 Å². The predicted molar refractivity (Wildman–Crippen MR) is 87.2 cm³/mol. The fourth-order valence-corrected chi connectivity index (χ4v) is 3.75. The van der Waals surface area contributed by atoms with E-state index in [4.69, 9.17) is 9.47 Å². The Morgan fingerprint density at radius 3 is 2.30 bits per heavy atom. The standard InChI is InChI=1S/C15H22N2O5S/c1-12(15(18)16-8-10-22-11-9-16)17(23(3,19)20)13-4-6-14(21-2)7-5-13/h4-7,12H,8-11H2,1-3H3/t12-/m0/s1. The Morgan fingerprint density at radius 1 is 1.26 bits per heavy atom. The molecule has 1 aromatic rings. The van der Waals surface area contributed by atoms with Crippen LogP contribution in [0.3, 0.4) is 0 Å². The molecule has 7 nitrogen and oxygen atoms in total. The molecule has 1 heterocycles. The number of methoxy groups -OCH3 is 1. The Hall–Kier alpha value is -1.80. The van der Waals surface area contributed by atoms with Crippen LogP contribution in [-0.4, -0.2) is 64.9 Å². The SMILES string of the molecule is COc1ccc(N([C@@H](C)C(=O)N2CCOCC2)S(C)(=O)=O)cc1. The molecule has 0 bridgehead atoms. The second-order valence-corrected chi connectivity index (χ2v) is 7.23. The van der Waals surface area contributed by atoms with Gasteiger partial charge in [-0.05, 0) is 31.2 Å². The van der Waals surface area contributed by atoms with E-state index < -0.39 is 16.1 Å². The number of nitrogens with zero attached hydrogens (tertiary/aromatic N) is 2. The lowest BCUT2D eigenvalue weighted by atomic mass is 10.2. The molecule has 1 atom stereocenters. The first-order valence-corrected chi connectivity index (χ1v) is 9.19. The number of hydrogen-bond acceptors (Lipinski definition) is 5. The maximum Gasteiger partial charge on any atom is 0.246 e. The van der Waals surface area contributed by atoms with Gasteiger partial charge in [-0.3, -0.25) is 9.10 Å². The van der Waals surface area contributed by atoms with Gasteiger partial charge in [0.15, 0.2) is 0 Å². The molecule has 2 rings (SSSR count). The second-order valence-electron chi connectivity index (χ2n) is 5.37. The second kappa shape index (κ2) is 7.18. The maximum absolute atomic E-state index is 12.6. The molecule has 0 spiro atoms. The summed E-state index contributed by atoms with van der Waals surface area (Å²) in [6, 6.07) is 5.77. The lowest BCUT2D eigenvalue weighted by Crippen LogP contribution is -2.52. The largest absolute Gasteiger partial charge is 0.497 e. The van der Waals surface area contributed by atoms with Crippen molar-refractivity contribution in [2.75, 3.05) is 44.0 Å². The Labute approximate surface area is 136 Å². The number of hydrogen-bond donors (Lipinski definition) is 0. The fraction of sp³-hybridized carbons (Fsp3) is 0.533. The number of sulfonamides is 1. The van der Waals surface area contributed by atoms with E-state index in [1.807, 2.05) is 0 Å². The topological polar surface area (TPSA) is 76.2 Å². The van der Waals surface area contributed by atoms with Crippen LogP contribution in [0, 0.1) is 0 Å². The molecule has 0 aromatic heterocycles. The summed E-state index contributed by atoms with van der Waals surface area (Å²) in [5.74, 6) is 0.393. The minimum absolute atomic E-state index is 0.227. The number of morpholine rings is 1. The van der Waals surface area contributed by atoms with Gasteiger partial charge >= 0.3 is 0 Å². The van der Waals surface area contributed by atoms with Crippen LogP contribution in [0.15, 0.2) is 24.3 Å². The highest BCUT2D eigenvalue weighted by Gasteiger charge is 2.32. The Morgan fingerprint density at radius 2 is 1.83 bits per heavy atom. The lowest BCUT2D eigenvalue weighted by molar-refractivity contribution is -0.136. The van der Waals surface area contributed by atoms with Crippen LogP contribution in [0.1, 0.15) is 6.92 Å². The Kier molecular flexibility index (Phi) is 5.48. The molecular weight excluding hydrogens is 320 g/mol. The van der Waals surface area contributed by atoms with E-state index in [0.717, 1.165) is 10.6 Å². The normalized spacial score (nSPS) is 16.7. The summed E-state index contributed by atoms with van der Waals surface area (Å²) in [5.41, 5.74) is 0.433. The molecule has 0 saturated carbocycles. The van der Waals surface area contributed by atoms with Crippen LogP contribution in [0.4, 0.5) is 5.69 Å². The van der Waals surface area contributed by atoms with Crippen LogP contribution in [0.25, 0.3) is 0 Å². The molecular formula is C15H22N2O5S. The monoisotopic (exact) mass is 342 g/mol. The number of ether oxygens (including phenoxy) is 2. The zero-order chi connectivity index (χ0) is 17.0. The highest BCUT2D eigenvalue weighted by atomic mass is 32.2. The fourth-order valence-electron chi connectivity index (χ4n) is 2.58. The van der Waals surface area contributed by atoms with Crippen LogP contribution in [0.5, 0.6) is 5.75 Å². The average Bonchev–Trinajstić information content (AvgIpc) is 2.54. The first-order valence-electron chi connectivity index (χ1n) is 7.34. The van der Waals surface area contributed by atoms with Crippen LogP contribution < -0.4 is 9.04 Å². The zero-order valence-corrected chi connectivity index (χ0v) is 14.4. The third-order valence-corrected chi connectivity index (χ3v) is 4.96. The van der Waals surface area contributed by atoms with Crippen molar-refractivity contribution in [2.24, 2.45) is 0 Å². The molecule has 8 heteroatoms. The molecule has 0 unspecified atom stereocenters. The summed E-state index contributed by atoms with van der Waals surface area (Å²) in [4.78, 5) is 14.3. The summed E-state index contributed by atoms with van der Waals surface area (Å²) in [7, 11) is -2.07.